The highest BCUT2D eigenvalue weighted by molar-refractivity contribution is 5.24. The molecule has 0 bridgehead atoms. The first-order chi connectivity index (χ1) is 20.7. The van der Waals surface area contributed by atoms with Crippen molar-refractivity contribution in [3.05, 3.63) is 107 Å². The second kappa shape index (κ2) is 13.1. The fourth-order valence-corrected chi connectivity index (χ4v) is 8.69. The molecule has 0 unspecified atom stereocenters. The van der Waals surface area contributed by atoms with Crippen LogP contribution < -0.4 is 10.6 Å². The van der Waals surface area contributed by atoms with Crippen molar-refractivity contribution in [3.63, 3.8) is 0 Å². The van der Waals surface area contributed by atoms with Crippen molar-refractivity contribution in [1.82, 2.24) is 20.4 Å². The molecule has 0 aliphatic carbocycles. The summed E-state index contributed by atoms with van der Waals surface area (Å²) in [5, 5.41) is 7.92. The van der Waals surface area contributed by atoms with E-state index in [0.717, 1.165) is 51.9 Å². The van der Waals surface area contributed by atoms with E-state index in [2.05, 4.69) is 161 Å². The Balaban J connectivity index is 1.15. The molecule has 2 fully saturated rings. The summed E-state index contributed by atoms with van der Waals surface area (Å²) >= 11 is 0. The molecule has 2 heterocycles. The Hall–Kier alpha value is -2.50. The zero-order valence-electron chi connectivity index (χ0n) is 28.8. The van der Waals surface area contributed by atoms with E-state index < -0.39 is 0 Å². The van der Waals surface area contributed by atoms with Gasteiger partial charge >= 0.3 is 0 Å². The normalized spacial score (nSPS) is 22.2. The predicted molar refractivity (Wildman–Crippen MR) is 186 cm³/mol. The topological polar surface area (TPSA) is 30.5 Å². The fraction of sp³-hybridized carbons (Fsp3) is 0.550. The van der Waals surface area contributed by atoms with E-state index in [1.807, 2.05) is 0 Å². The average molecular weight is 595 g/mol. The second-order valence-corrected chi connectivity index (χ2v) is 16.2. The molecule has 0 saturated carbocycles. The summed E-state index contributed by atoms with van der Waals surface area (Å²) in [5.41, 5.74) is 6.05. The first-order valence-electron chi connectivity index (χ1n) is 16.9. The van der Waals surface area contributed by atoms with Crippen molar-refractivity contribution in [1.29, 1.82) is 0 Å². The molecule has 2 aliphatic rings. The van der Waals surface area contributed by atoms with Gasteiger partial charge < -0.3 is 10.6 Å². The number of piperidine rings is 2. The zero-order valence-corrected chi connectivity index (χ0v) is 28.8. The highest BCUT2D eigenvalue weighted by Crippen LogP contribution is 2.41. The van der Waals surface area contributed by atoms with Gasteiger partial charge in [0, 0.05) is 60.4 Å². The molecular formula is C40H58N4. The van der Waals surface area contributed by atoms with Crippen LogP contribution in [0.4, 0.5) is 0 Å². The van der Waals surface area contributed by atoms with Gasteiger partial charge in [-0.1, -0.05) is 84.9 Å². The van der Waals surface area contributed by atoms with E-state index in [4.69, 9.17) is 0 Å². The van der Waals surface area contributed by atoms with Crippen LogP contribution in [0, 0.1) is 0 Å². The van der Waals surface area contributed by atoms with Crippen LogP contribution in [-0.2, 0) is 26.2 Å². The zero-order chi connectivity index (χ0) is 31.6. The number of likely N-dealkylation sites (tertiary alicyclic amines) is 2. The Bertz CT molecular complexity index is 1210. The third-order valence-electron chi connectivity index (χ3n) is 10.5. The lowest BCUT2D eigenvalue weighted by Crippen LogP contribution is -2.63. The Morgan fingerprint density at radius 2 is 0.795 bits per heavy atom. The van der Waals surface area contributed by atoms with Crippen molar-refractivity contribution in [2.24, 2.45) is 0 Å². The molecule has 0 spiro atoms. The maximum absolute atomic E-state index is 3.96. The van der Waals surface area contributed by atoms with E-state index in [9.17, 15) is 0 Å². The lowest BCUT2D eigenvalue weighted by molar-refractivity contribution is -0.0480. The molecule has 0 aromatic heterocycles. The van der Waals surface area contributed by atoms with E-state index in [1.54, 1.807) is 0 Å². The molecule has 238 valence electrons. The molecule has 4 nitrogen and oxygen atoms in total. The standard InChI is InChI=1S/C40H58N4/c1-37(2)23-35(24-38(3,4)43(37)29-31-16-11-9-12-17-31)41-27-33-20-15-21-34(22-33)28-42-36-25-39(5,6)44(40(7,8)26-36)30-32-18-13-10-14-19-32/h9-22,35-36,41-42H,23-30H2,1-8H3. The summed E-state index contributed by atoms with van der Waals surface area (Å²) in [6.07, 6.45) is 4.61. The molecule has 0 amide bonds. The SMILES string of the molecule is CC1(C)CC(NCc2cccc(CNC3CC(C)(C)N(Cc4ccccc4)C(C)(C)C3)c2)CC(C)(C)N1Cc1ccccc1. The maximum Gasteiger partial charge on any atom is 0.0244 e. The van der Waals surface area contributed by atoms with Gasteiger partial charge in [0.05, 0.1) is 0 Å². The minimum Gasteiger partial charge on any atom is -0.310 e. The van der Waals surface area contributed by atoms with Crippen LogP contribution in [0.25, 0.3) is 0 Å². The first-order valence-corrected chi connectivity index (χ1v) is 16.9. The van der Waals surface area contributed by atoms with E-state index in [1.165, 1.54) is 22.3 Å². The molecule has 3 aromatic rings. The average Bonchev–Trinajstić information content (AvgIpc) is 2.95. The smallest absolute Gasteiger partial charge is 0.0244 e. The van der Waals surface area contributed by atoms with Gasteiger partial charge in [0.15, 0.2) is 0 Å². The van der Waals surface area contributed by atoms with E-state index >= 15 is 0 Å². The van der Waals surface area contributed by atoms with Crippen LogP contribution in [0.1, 0.15) is 103 Å². The van der Waals surface area contributed by atoms with Gasteiger partial charge in [0.2, 0.25) is 0 Å². The Kier molecular flexibility index (Phi) is 9.78. The summed E-state index contributed by atoms with van der Waals surface area (Å²) in [6, 6.07) is 32.1. The molecule has 2 aliphatic heterocycles. The van der Waals surface area contributed by atoms with Gasteiger partial charge in [0.25, 0.3) is 0 Å². The number of hydrogen-bond acceptors (Lipinski definition) is 4. The molecule has 3 aromatic carbocycles. The van der Waals surface area contributed by atoms with Crippen molar-refractivity contribution < 1.29 is 0 Å². The van der Waals surface area contributed by atoms with Gasteiger partial charge in [-0.05, 0) is 103 Å². The number of nitrogens with one attached hydrogen (secondary N) is 2. The van der Waals surface area contributed by atoms with Crippen LogP contribution >= 0.6 is 0 Å². The molecular weight excluding hydrogens is 536 g/mol. The van der Waals surface area contributed by atoms with Crippen molar-refractivity contribution in [3.8, 4) is 0 Å². The highest BCUT2D eigenvalue weighted by Gasteiger charge is 2.46. The number of benzene rings is 3. The Morgan fingerprint density at radius 1 is 0.477 bits per heavy atom. The van der Waals surface area contributed by atoms with Crippen molar-refractivity contribution >= 4 is 0 Å². The lowest BCUT2D eigenvalue weighted by atomic mass is 9.76. The molecule has 4 heteroatoms. The van der Waals surface area contributed by atoms with Crippen LogP contribution in [-0.4, -0.2) is 44.0 Å². The molecule has 44 heavy (non-hydrogen) atoms. The third-order valence-corrected chi connectivity index (χ3v) is 10.5. The van der Waals surface area contributed by atoms with Gasteiger partial charge in [0.1, 0.15) is 0 Å². The third kappa shape index (κ3) is 8.01. The largest absolute Gasteiger partial charge is 0.310 e. The summed E-state index contributed by atoms with van der Waals surface area (Å²) in [5.74, 6) is 0. The van der Waals surface area contributed by atoms with Crippen LogP contribution in [0.2, 0.25) is 0 Å². The minimum absolute atomic E-state index is 0.124. The van der Waals surface area contributed by atoms with Gasteiger partial charge in [-0.3, -0.25) is 9.80 Å². The van der Waals surface area contributed by atoms with Crippen molar-refractivity contribution in [2.45, 2.75) is 141 Å². The molecule has 0 atom stereocenters. The summed E-state index contributed by atoms with van der Waals surface area (Å²) < 4.78 is 0. The first kappa shape index (κ1) is 32.9. The molecule has 2 saturated heterocycles. The fourth-order valence-electron chi connectivity index (χ4n) is 8.69. The monoisotopic (exact) mass is 594 g/mol. The van der Waals surface area contributed by atoms with Crippen LogP contribution in [0.5, 0.6) is 0 Å². The quantitative estimate of drug-likeness (QED) is 0.247. The molecule has 0 radical (unpaired) electrons. The number of rotatable bonds is 10. The molecule has 5 rings (SSSR count). The Labute approximate surface area is 268 Å². The minimum atomic E-state index is 0.124. The van der Waals surface area contributed by atoms with Crippen LogP contribution in [0.3, 0.4) is 0 Å². The van der Waals surface area contributed by atoms with Gasteiger partial charge in [-0.2, -0.15) is 0 Å². The summed E-state index contributed by atoms with van der Waals surface area (Å²) in [7, 11) is 0. The second-order valence-electron chi connectivity index (χ2n) is 16.2. The lowest BCUT2D eigenvalue weighted by Gasteiger charge is -2.55. The Morgan fingerprint density at radius 3 is 1.14 bits per heavy atom. The van der Waals surface area contributed by atoms with Crippen LogP contribution in [0.15, 0.2) is 84.9 Å². The summed E-state index contributed by atoms with van der Waals surface area (Å²) in [4.78, 5) is 5.43. The molecule has 2 N–H and O–H groups in total. The van der Waals surface area contributed by atoms with Gasteiger partial charge in [-0.25, -0.2) is 0 Å². The number of nitrogens with zero attached hydrogens (tertiary/aromatic N) is 2. The maximum atomic E-state index is 3.96. The van der Waals surface area contributed by atoms with Gasteiger partial charge in [-0.15, -0.1) is 0 Å². The predicted octanol–water partition coefficient (Wildman–Crippen LogP) is 8.31. The highest BCUT2D eigenvalue weighted by atomic mass is 15.3. The van der Waals surface area contributed by atoms with E-state index in [-0.39, 0.29) is 22.2 Å². The van der Waals surface area contributed by atoms with Crippen molar-refractivity contribution in [2.75, 3.05) is 0 Å². The number of hydrogen-bond donors (Lipinski definition) is 2. The van der Waals surface area contributed by atoms with E-state index in [0.29, 0.717) is 12.1 Å². The summed E-state index contributed by atoms with van der Waals surface area (Å²) in [6.45, 7) is 23.2.